The van der Waals surface area contributed by atoms with Crippen molar-refractivity contribution >= 4 is 29.1 Å². The highest BCUT2D eigenvalue weighted by atomic mass is 35.5. The topological polar surface area (TPSA) is 110 Å². The number of rotatable bonds is 6. The molecule has 8 atom stereocenters. The Bertz CT molecular complexity index is 1240. The fourth-order valence-electron chi connectivity index (χ4n) is 9.02. The number of carbonyl (C=O) groups excluding carboxylic acids is 3. The van der Waals surface area contributed by atoms with Crippen LogP contribution in [0.15, 0.2) is 18.2 Å². The number of hydrogen-bond acceptors (Lipinski definition) is 7. The minimum absolute atomic E-state index is 0.00676. The van der Waals surface area contributed by atoms with E-state index in [9.17, 15) is 37.8 Å². The summed E-state index contributed by atoms with van der Waals surface area (Å²) in [5.74, 6) is -2.08. The van der Waals surface area contributed by atoms with Crippen LogP contribution in [0.25, 0.3) is 0 Å². The Kier molecular flexibility index (Phi) is 7.78. The van der Waals surface area contributed by atoms with E-state index in [-0.39, 0.29) is 64.6 Å². The molecule has 0 amide bonds. The molecule has 0 saturated heterocycles. The third-order valence-corrected chi connectivity index (χ3v) is 11.1. The fraction of sp³-hybridized carbons (Fsp3) is 0.700. The van der Waals surface area contributed by atoms with E-state index in [1.54, 1.807) is 6.92 Å². The van der Waals surface area contributed by atoms with Crippen LogP contribution in [0.4, 0.5) is 13.2 Å². The van der Waals surface area contributed by atoms with Crippen LogP contribution < -0.4 is 4.74 Å². The van der Waals surface area contributed by atoms with Crippen molar-refractivity contribution < 1.29 is 47.2 Å². The van der Waals surface area contributed by atoms with E-state index in [0.717, 1.165) is 31.4 Å². The van der Waals surface area contributed by atoms with Crippen LogP contribution in [0.5, 0.6) is 5.75 Å². The third kappa shape index (κ3) is 4.97. The van der Waals surface area contributed by atoms with Gasteiger partial charge in [-0.15, -0.1) is 0 Å². The van der Waals surface area contributed by atoms with Crippen LogP contribution in [-0.2, 0) is 25.3 Å². The van der Waals surface area contributed by atoms with Gasteiger partial charge in [-0.05, 0) is 86.3 Å². The second-order valence-corrected chi connectivity index (χ2v) is 13.3. The molecule has 4 fully saturated rings. The largest absolute Gasteiger partial charge is 0.482 e. The molecule has 1 aromatic carbocycles. The lowest BCUT2D eigenvalue weighted by Gasteiger charge is -2.60. The second-order valence-electron chi connectivity index (χ2n) is 12.9. The smallest absolute Gasteiger partial charge is 0.416 e. The van der Waals surface area contributed by atoms with Gasteiger partial charge in [0.25, 0.3) is 0 Å². The predicted octanol–water partition coefficient (Wildman–Crippen LogP) is 5.16. The van der Waals surface area contributed by atoms with Gasteiger partial charge in [0.1, 0.15) is 18.1 Å². The molecule has 5 rings (SSSR count). The van der Waals surface area contributed by atoms with E-state index in [1.165, 1.54) is 0 Å². The van der Waals surface area contributed by atoms with Gasteiger partial charge in [0.05, 0.1) is 11.7 Å². The Labute approximate surface area is 241 Å². The summed E-state index contributed by atoms with van der Waals surface area (Å²) in [6.07, 6.45) is -0.667. The maximum Gasteiger partial charge on any atom is 0.416 e. The van der Waals surface area contributed by atoms with Crippen molar-refractivity contribution in [1.82, 2.24) is 0 Å². The summed E-state index contributed by atoms with van der Waals surface area (Å²) in [5, 5.41) is 20.0. The Hall–Kier alpha value is -2.17. The van der Waals surface area contributed by atoms with Gasteiger partial charge in [-0.25, -0.2) is 4.79 Å². The summed E-state index contributed by atoms with van der Waals surface area (Å²) in [4.78, 5) is 40.4. The summed E-state index contributed by atoms with van der Waals surface area (Å²) in [5.41, 5.74) is -4.11. The third-order valence-electron chi connectivity index (χ3n) is 10.9. The first-order chi connectivity index (χ1) is 19.1. The number of fused-ring (bicyclic) bond motifs is 5. The molecule has 7 nitrogen and oxygen atoms in total. The molecule has 11 heteroatoms. The first-order valence-electron chi connectivity index (χ1n) is 14.2. The van der Waals surface area contributed by atoms with E-state index >= 15 is 0 Å². The van der Waals surface area contributed by atoms with Gasteiger partial charge in [-0.3, -0.25) is 9.59 Å². The Morgan fingerprint density at radius 2 is 1.83 bits per heavy atom. The zero-order valence-electron chi connectivity index (χ0n) is 23.1. The summed E-state index contributed by atoms with van der Waals surface area (Å²) >= 11 is 5.80. The van der Waals surface area contributed by atoms with Gasteiger partial charge in [0.2, 0.25) is 5.78 Å². The van der Waals surface area contributed by atoms with Gasteiger partial charge in [0.15, 0.2) is 12.2 Å². The number of carbonyl (C=O) groups is 3. The quantitative estimate of drug-likeness (QED) is 0.434. The van der Waals surface area contributed by atoms with Gasteiger partial charge in [-0.2, -0.15) is 13.2 Å². The van der Waals surface area contributed by atoms with Gasteiger partial charge >= 0.3 is 12.1 Å². The van der Waals surface area contributed by atoms with E-state index in [0.29, 0.717) is 25.3 Å². The molecule has 0 radical (unpaired) electrons. The molecule has 0 aliphatic heterocycles. The molecule has 0 bridgehead atoms. The van der Waals surface area contributed by atoms with Gasteiger partial charge < -0.3 is 19.7 Å². The molecular formula is C30H36ClF3O7. The van der Waals surface area contributed by atoms with E-state index in [2.05, 4.69) is 6.92 Å². The summed E-state index contributed by atoms with van der Waals surface area (Å²) in [6, 6.07) is 2.58. The number of benzene rings is 1. The van der Waals surface area contributed by atoms with Gasteiger partial charge in [-0.1, -0.05) is 25.4 Å². The SMILES string of the molecule is C[C@]12CC[C@@H](O)C[C@H]1CC[C@@H]1[C@@H]2C(=O)C[C@@]2(C)[C@H]1CC[C@]2(OC(=O)COc1cc(Cl)cc(C(F)(F)F)c1)C(=O)CO. The van der Waals surface area contributed by atoms with E-state index in [4.69, 9.17) is 21.1 Å². The van der Waals surface area contributed by atoms with Crippen LogP contribution in [0.1, 0.15) is 70.8 Å². The molecule has 1 aromatic rings. The first-order valence-corrected chi connectivity index (χ1v) is 14.6. The van der Waals surface area contributed by atoms with Crippen molar-refractivity contribution in [3.63, 3.8) is 0 Å². The van der Waals surface area contributed by atoms with Crippen LogP contribution in [0, 0.1) is 34.5 Å². The molecule has 0 unspecified atom stereocenters. The number of halogens is 4. The summed E-state index contributed by atoms with van der Waals surface area (Å²) < 4.78 is 50.6. The molecule has 4 aliphatic carbocycles. The molecule has 0 heterocycles. The zero-order valence-corrected chi connectivity index (χ0v) is 23.9. The number of Topliss-reactive ketones (excluding diaryl/α,β-unsaturated/α-hetero) is 2. The maximum atomic E-state index is 14.0. The number of aliphatic hydroxyl groups is 2. The highest BCUT2D eigenvalue weighted by molar-refractivity contribution is 6.30. The highest BCUT2D eigenvalue weighted by Crippen LogP contribution is 2.68. The highest BCUT2D eigenvalue weighted by Gasteiger charge is 2.71. The molecular weight excluding hydrogens is 565 g/mol. The average Bonchev–Trinajstić information content (AvgIpc) is 3.18. The lowest BCUT2D eigenvalue weighted by atomic mass is 9.44. The lowest BCUT2D eigenvalue weighted by Crippen LogP contribution is -2.63. The fourth-order valence-corrected chi connectivity index (χ4v) is 9.25. The average molecular weight is 601 g/mol. The number of ether oxygens (including phenoxy) is 2. The van der Waals surface area contributed by atoms with Crippen molar-refractivity contribution in [3.8, 4) is 5.75 Å². The van der Waals surface area contributed by atoms with Crippen LogP contribution in [0.2, 0.25) is 5.02 Å². The van der Waals surface area contributed by atoms with Crippen molar-refractivity contribution in [2.24, 2.45) is 34.5 Å². The number of hydrogen-bond donors (Lipinski definition) is 2. The monoisotopic (exact) mass is 600 g/mol. The Balaban J connectivity index is 1.38. The van der Waals surface area contributed by atoms with Crippen LogP contribution >= 0.6 is 11.6 Å². The minimum atomic E-state index is -4.67. The van der Waals surface area contributed by atoms with Gasteiger partial charge in [0, 0.05) is 22.8 Å². The standard InChI is InChI=1S/C30H36ClF3O7/c1-27-7-5-19(36)10-16(27)3-4-21-22-6-8-29(24(38)14-35,28(22,2)13-23(37)26(21)27)41-25(39)15-40-20-11-17(30(32,33)34)9-18(31)12-20/h9,11-12,16,19,21-22,26,35-36H,3-8,10,13-15H2,1-2H3/t16-,19-,21+,22+,26-,27+,28+,29+/m1/s1. The molecule has 0 aromatic heterocycles. The van der Waals surface area contributed by atoms with Crippen molar-refractivity contribution in [2.75, 3.05) is 13.2 Å². The number of aliphatic hydroxyl groups excluding tert-OH is 2. The Morgan fingerprint density at radius 1 is 1.10 bits per heavy atom. The molecule has 4 saturated carbocycles. The molecule has 2 N–H and O–H groups in total. The van der Waals surface area contributed by atoms with E-state index in [1.807, 2.05) is 0 Å². The van der Waals surface area contributed by atoms with Crippen molar-refractivity contribution in [1.29, 1.82) is 0 Å². The van der Waals surface area contributed by atoms with E-state index < -0.39 is 47.7 Å². The summed E-state index contributed by atoms with van der Waals surface area (Å²) in [7, 11) is 0. The molecule has 226 valence electrons. The zero-order chi connectivity index (χ0) is 30.0. The van der Waals surface area contributed by atoms with Crippen LogP contribution in [-0.4, -0.2) is 52.7 Å². The normalized spacial score (nSPS) is 38.4. The Morgan fingerprint density at radius 3 is 2.51 bits per heavy atom. The van der Waals surface area contributed by atoms with Crippen molar-refractivity contribution in [2.45, 2.75) is 83.1 Å². The number of alkyl halides is 3. The number of ketones is 2. The maximum absolute atomic E-state index is 14.0. The predicted molar refractivity (Wildman–Crippen MR) is 141 cm³/mol. The lowest BCUT2D eigenvalue weighted by molar-refractivity contribution is -0.197. The molecule has 41 heavy (non-hydrogen) atoms. The van der Waals surface area contributed by atoms with Crippen molar-refractivity contribution in [3.05, 3.63) is 28.8 Å². The second kappa shape index (κ2) is 10.5. The molecule has 0 spiro atoms. The minimum Gasteiger partial charge on any atom is -0.482 e. The number of esters is 1. The first kappa shape index (κ1) is 30.3. The summed E-state index contributed by atoms with van der Waals surface area (Å²) in [6.45, 7) is 2.26. The van der Waals surface area contributed by atoms with Crippen LogP contribution in [0.3, 0.4) is 0 Å². The molecule has 4 aliphatic rings.